The number of rotatable bonds is 5. The van der Waals surface area contributed by atoms with E-state index < -0.39 is 0 Å². The molecule has 0 spiro atoms. The van der Waals surface area contributed by atoms with Crippen molar-refractivity contribution in [2.45, 2.75) is 32.7 Å². The number of nitrogens with one attached hydrogen (secondary N) is 1. The highest BCUT2D eigenvalue weighted by Gasteiger charge is 2.15. The zero-order chi connectivity index (χ0) is 16.9. The highest BCUT2D eigenvalue weighted by Crippen LogP contribution is 2.18. The molecule has 24 heavy (non-hydrogen) atoms. The van der Waals surface area contributed by atoms with Crippen LogP contribution < -0.4 is 10.2 Å². The number of carbonyl (C=O) groups is 1. The number of nitrogens with zero attached hydrogens (tertiary/aromatic N) is 3. The van der Waals surface area contributed by atoms with E-state index in [0.29, 0.717) is 23.8 Å². The summed E-state index contributed by atoms with van der Waals surface area (Å²) in [4.78, 5) is 23.4. The molecule has 0 aliphatic carbocycles. The Bertz CT molecular complexity index is 711. The maximum Gasteiger partial charge on any atom is 0.224 e. The van der Waals surface area contributed by atoms with Crippen LogP contribution in [0.2, 0.25) is 5.02 Å². The van der Waals surface area contributed by atoms with Gasteiger partial charge in [0, 0.05) is 29.9 Å². The van der Waals surface area contributed by atoms with Gasteiger partial charge < -0.3 is 10.2 Å². The fourth-order valence-electron chi connectivity index (χ4n) is 2.83. The van der Waals surface area contributed by atoms with Gasteiger partial charge in [-0.15, -0.1) is 0 Å². The van der Waals surface area contributed by atoms with E-state index >= 15 is 0 Å². The normalized spacial score (nSPS) is 14.0. The number of anilines is 1. The molecular formula is C18H21ClN4O. The van der Waals surface area contributed by atoms with Crippen molar-refractivity contribution < 1.29 is 4.79 Å². The van der Waals surface area contributed by atoms with E-state index in [1.807, 2.05) is 25.1 Å². The lowest BCUT2D eigenvalue weighted by atomic mass is 10.1. The molecule has 1 aromatic heterocycles. The lowest BCUT2D eigenvalue weighted by Crippen LogP contribution is -2.26. The molecule has 1 amide bonds. The van der Waals surface area contributed by atoms with Crippen molar-refractivity contribution in [3.05, 3.63) is 52.4 Å². The van der Waals surface area contributed by atoms with Crippen LogP contribution in [0.5, 0.6) is 0 Å². The molecule has 0 saturated carbocycles. The monoisotopic (exact) mass is 344 g/mol. The molecule has 0 bridgehead atoms. The first-order valence-electron chi connectivity index (χ1n) is 8.21. The van der Waals surface area contributed by atoms with Crippen molar-refractivity contribution in [1.29, 1.82) is 0 Å². The number of carbonyl (C=O) groups excluding carboxylic acids is 1. The van der Waals surface area contributed by atoms with Gasteiger partial charge in [0.15, 0.2) is 0 Å². The van der Waals surface area contributed by atoms with Crippen LogP contribution in [0.4, 0.5) is 5.82 Å². The van der Waals surface area contributed by atoms with E-state index in [4.69, 9.17) is 11.6 Å². The van der Waals surface area contributed by atoms with Gasteiger partial charge in [-0.3, -0.25) is 4.79 Å². The number of hydrogen-bond donors (Lipinski definition) is 1. The summed E-state index contributed by atoms with van der Waals surface area (Å²) in [6, 6.07) is 9.30. The van der Waals surface area contributed by atoms with E-state index in [1.165, 1.54) is 12.8 Å². The van der Waals surface area contributed by atoms with Gasteiger partial charge in [0.25, 0.3) is 0 Å². The summed E-state index contributed by atoms with van der Waals surface area (Å²) in [5.74, 6) is 1.56. The Morgan fingerprint density at radius 1 is 1.21 bits per heavy atom. The third-order valence-corrected chi connectivity index (χ3v) is 4.29. The summed E-state index contributed by atoms with van der Waals surface area (Å²) in [5.41, 5.74) is 1.86. The zero-order valence-corrected chi connectivity index (χ0v) is 14.5. The molecule has 1 aliphatic heterocycles. The average Bonchev–Trinajstić information content (AvgIpc) is 3.09. The Hall–Kier alpha value is -2.14. The van der Waals surface area contributed by atoms with Crippen molar-refractivity contribution in [3.8, 4) is 0 Å². The SMILES string of the molecule is Cc1cc(N2CCCC2)nc(CNC(=O)Cc2ccc(Cl)cc2)n1. The lowest BCUT2D eigenvalue weighted by molar-refractivity contribution is -0.120. The second-order valence-corrected chi connectivity index (χ2v) is 6.49. The molecule has 0 radical (unpaired) electrons. The summed E-state index contributed by atoms with van der Waals surface area (Å²) < 4.78 is 0. The minimum atomic E-state index is -0.0508. The molecular weight excluding hydrogens is 324 g/mol. The van der Waals surface area contributed by atoms with Gasteiger partial charge in [-0.1, -0.05) is 23.7 Å². The second-order valence-electron chi connectivity index (χ2n) is 6.06. The number of aryl methyl sites for hydroxylation is 1. The quantitative estimate of drug-likeness (QED) is 0.906. The van der Waals surface area contributed by atoms with Crippen molar-refractivity contribution in [1.82, 2.24) is 15.3 Å². The number of amides is 1. The smallest absolute Gasteiger partial charge is 0.224 e. The summed E-state index contributed by atoms with van der Waals surface area (Å²) in [6.45, 7) is 4.38. The fraction of sp³-hybridized carbons (Fsp3) is 0.389. The first-order valence-corrected chi connectivity index (χ1v) is 8.58. The number of benzene rings is 1. The third-order valence-electron chi connectivity index (χ3n) is 4.04. The van der Waals surface area contributed by atoms with Crippen molar-refractivity contribution in [3.63, 3.8) is 0 Å². The molecule has 1 N–H and O–H groups in total. The minimum Gasteiger partial charge on any atom is -0.357 e. The molecule has 1 aromatic carbocycles. The van der Waals surface area contributed by atoms with E-state index in [0.717, 1.165) is 30.2 Å². The molecule has 2 heterocycles. The topological polar surface area (TPSA) is 58.1 Å². The number of aromatic nitrogens is 2. The van der Waals surface area contributed by atoms with Gasteiger partial charge in [0.1, 0.15) is 11.6 Å². The van der Waals surface area contributed by atoms with Gasteiger partial charge in [0.2, 0.25) is 5.91 Å². The summed E-state index contributed by atoms with van der Waals surface area (Å²) >= 11 is 5.85. The van der Waals surface area contributed by atoms with Gasteiger partial charge in [-0.05, 0) is 37.5 Å². The van der Waals surface area contributed by atoms with Crippen LogP contribution in [-0.2, 0) is 17.8 Å². The second kappa shape index (κ2) is 7.62. The molecule has 0 atom stereocenters. The predicted octanol–water partition coefficient (Wildman–Crippen LogP) is 2.90. The van der Waals surface area contributed by atoms with Crippen molar-refractivity contribution in [2.24, 2.45) is 0 Å². The van der Waals surface area contributed by atoms with E-state index in [1.54, 1.807) is 12.1 Å². The van der Waals surface area contributed by atoms with Crippen LogP contribution in [0.3, 0.4) is 0 Å². The van der Waals surface area contributed by atoms with Crippen LogP contribution in [0.25, 0.3) is 0 Å². The predicted molar refractivity (Wildman–Crippen MR) is 95.2 cm³/mol. The van der Waals surface area contributed by atoms with Gasteiger partial charge in [-0.2, -0.15) is 0 Å². The van der Waals surface area contributed by atoms with Gasteiger partial charge >= 0.3 is 0 Å². The molecule has 1 fully saturated rings. The molecule has 0 unspecified atom stereocenters. The van der Waals surface area contributed by atoms with Crippen LogP contribution in [0, 0.1) is 6.92 Å². The maximum absolute atomic E-state index is 12.1. The zero-order valence-electron chi connectivity index (χ0n) is 13.8. The Kier molecular flexibility index (Phi) is 5.30. The van der Waals surface area contributed by atoms with E-state index in [-0.39, 0.29) is 5.91 Å². The Labute approximate surface area is 147 Å². The van der Waals surface area contributed by atoms with Crippen LogP contribution in [0.1, 0.15) is 29.9 Å². The van der Waals surface area contributed by atoms with Crippen LogP contribution >= 0.6 is 11.6 Å². The Morgan fingerprint density at radius 2 is 1.92 bits per heavy atom. The van der Waals surface area contributed by atoms with Crippen LogP contribution in [-0.4, -0.2) is 29.0 Å². The third kappa shape index (κ3) is 4.45. The number of hydrogen-bond acceptors (Lipinski definition) is 4. The molecule has 126 valence electrons. The highest BCUT2D eigenvalue weighted by molar-refractivity contribution is 6.30. The molecule has 6 heteroatoms. The number of halogens is 1. The Balaban J connectivity index is 1.59. The highest BCUT2D eigenvalue weighted by atomic mass is 35.5. The first-order chi connectivity index (χ1) is 11.6. The fourth-order valence-corrected chi connectivity index (χ4v) is 2.95. The molecule has 2 aromatic rings. The van der Waals surface area contributed by atoms with Crippen LogP contribution in [0.15, 0.2) is 30.3 Å². The molecule has 5 nitrogen and oxygen atoms in total. The van der Waals surface area contributed by atoms with Gasteiger partial charge in [-0.25, -0.2) is 9.97 Å². The molecule has 1 aliphatic rings. The summed E-state index contributed by atoms with van der Waals surface area (Å²) in [5, 5.41) is 3.56. The molecule has 3 rings (SSSR count). The largest absolute Gasteiger partial charge is 0.357 e. The maximum atomic E-state index is 12.1. The van der Waals surface area contributed by atoms with Crippen molar-refractivity contribution >= 4 is 23.3 Å². The Morgan fingerprint density at radius 3 is 2.62 bits per heavy atom. The summed E-state index contributed by atoms with van der Waals surface area (Å²) in [7, 11) is 0. The summed E-state index contributed by atoms with van der Waals surface area (Å²) in [6.07, 6.45) is 2.73. The van der Waals surface area contributed by atoms with E-state index in [9.17, 15) is 4.79 Å². The standard InChI is InChI=1S/C18H21ClN4O/c1-13-10-17(23-8-2-3-9-23)22-16(21-13)12-20-18(24)11-14-4-6-15(19)7-5-14/h4-7,10H,2-3,8-9,11-12H2,1H3,(H,20,24). The minimum absolute atomic E-state index is 0.0508. The first kappa shape index (κ1) is 16.7. The van der Waals surface area contributed by atoms with E-state index in [2.05, 4.69) is 20.2 Å². The molecule has 1 saturated heterocycles. The lowest BCUT2D eigenvalue weighted by Gasteiger charge is -2.17. The van der Waals surface area contributed by atoms with Crippen molar-refractivity contribution in [2.75, 3.05) is 18.0 Å². The van der Waals surface area contributed by atoms with Gasteiger partial charge in [0.05, 0.1) is 13.0 Å². The average molecular weight is 345 g/mol.